The molecule has 138 valence electrons. The molecule has 0 heterocycles. The summed E-state index contributed by atoms with van der Waals surface area (Å²) in [6, 6.07) is 21.3. The fraction of sp³-hybridized carbons (Fsp3) is 0.136. The normalized spacial score (nSPS) is 10.8. The van der Waals surface area contributed by atoms with Crippen LogP contribution in [-0.4, -0.2) is 19.9 Å². The average Bonchev–Trinajstić information content (AvgIpc) is 2.68. The maximum atomic E-state index is 5.80. The van der Waals surface area contributed by atoms with Crippen LogP contribution in [-0.2, 0) is 0 Å². The summed E-state index contributed by atoms with van der Waals surface area (Å²) in [6.45, 7) is 2.53. The van der Waals surface area contributed by atoms with Crippen molar-refractivity contribution < 1.29 is 14.2 Å². The van der Waals surface area contributed by atoms with E-state index in [1.165, 1.54) is 0 Å². The van der Waals surface area contributed by atoms with E-state index in [1.807, 2.05) is 79.9 Å². The topological polar surface area (TPSA) is 40.0 Å². The van der Waals surface area contributed by atoms with Crippen LogP contribution < -0.4 is 14.2 Å². The van der Waals surface area contributed by atoms with Gasteiger partial charge in [-0.25, -0.2) is 0 Å². The molecule has 0 aromatic heterocycles. The lowest BCUT2D eigenvalue weighted by atomic mass is 10.2. The summed E-state index contributed by atoms with van der Waals surface area (Å²) in [5.41, 5.74) is 1.80. The Balaban J connectivity index is 1.74. The maximum Gasteiger partial charge on any atom is 0.174 e. The largest absolute Gasteiger partial charge is 0.492 e. The van der Waals surface area contributed by atoms with E-state index in [1.54, 1.807) is 7.11 Å². The van der Waals surface area contributed by atoms with Gasteiger partial charge in [0.2, 0.25) is 0 Å². The molecule has 4 nitrogen and oxygen atoms in total. The van der Waals surface area contributed by atoms with Gasteiger partial charge < -0.3 is 14.2 Å². The molecule has 0 aliphatic heterocycles. The molecule has 3 rings (SSSR count). The molecule has 0 amide bonds. The molecule has 0 saturated heterocycles. The molecule has 0 N–H and O–H groups in total. The number of para-hydroxylation sites is 1. The van der Waals surface area contributed by atoms with E-state index in [0.717, 1.165) is 37.8 Å². The number of hydrogen-bond acceptors (Lipinski definition) is 4. The van der Waals surface area contributed by atoms with Crippen LogP contribution in [0.1, 0.15) is 12.5 Å². The zero-order valence-electron chi connectivity index (χ0n) is 15.2. The van der Waals surface area contributed by atoms with Gasteiger partial charge in [-0.1, -0.05) is 18.2 Å². The second kappa shape index (κ2) is 9.41. The van der Waals surface area contributed by atoms with Crippen molar-refractivity contribution >= 4 is 34.5 Å². The van der Waals surface area contributed by atoms with E-state index in [-0.39, 0.29) is 0 Å². The minimum absolute atomic E-state index is 0.579. The van der Waals surface area contributed by atoms with Gasteiger partial charge in [-0.3, -0.25) is 4.99 Å². The molecule has 0 saturated carbocycles. The molecular formula is C22H20INO3. The first-order valence-corrected chi connectivity index (χ1v) is 9.65. The molecule has 5 heteroatoms. The number of nitrogens with zero attached hydrogens (tertiary/aromatic N) is 1. The Kier molecular flexibility index (Phi) is 6.70. The van der Waals surface area contributed by atoms with Crippen molar-refractivity contribution in [3.05, 3.63) is 75.9 Å². The van der Waals surface area contributed by atoms with E-state index < -0.39 is 0 Å². The molecular weight excluding hydrogens is 453 g/mol. The number of halogens is 1. The molecule has 0 aliphatic carbocycles. The zero-order chi connectivity index (χ0) is 19.1. The van der Waals surface area contributed by atoms with Crippen molar-refractivity contribution in [3.63, 3.8) is 0 Å². The summed E-state index contributed by atoms with van der Waals surface area (Å²) in [5.74, 6) is 3.06. The minimum atomic E-state index is 0.579. The predicted octanol–water partition coefficient (Wildman–Crippen LogP) is 6.24. The summed E-state index contributed by atoms with van der Waals surface area (Å²) >= 11 is 2.24. The highest BCUT2D eigenvalue weighted by atomic mass is 127. The van der Waals surface area contributed by atoms with Gasteiger partial charge in [-0.15, -0.1) is 0 Å². The summed E-state index contributed by atoms with van der Waals surface area (Å²) in [5, 5.41) is 0. The first-order valence-electron chi connectivity index (χ1n) is 8.57. The van der Waals surface area contributed by atoms with Crippen molar-refractivity contribution in [1.29, 1.82) is 0 Å². The van der Waals surface area contributed by atoms with Gasteiger partial charge >= 0.3 is 0 Å². The third-order valence-electron chi connectivity index (χ3n) is 3.71. The predicted molar refractivity (Wildman–Crippen MR) is 117 cm³/mol. The highest BCUT2D eigenvalue weighted by molar-refractivity contribution is 14.1. The van der Waals surface area contributed by atoms with Gasteiger partial charge in [-0.2, -0.15) is 0 Å². The van der Waals surface area contributed by atoms with E-state index >= 15 is 0 Å². The van der Waals surface area contributed by atoms with Crippen LogP contribution in [0.15, 0.2) is 71.7 Å². The molecule has 0 bridgehead atoms. The summed E-state index contributed by atoms with van der Waals surface area (Å²) in [7, 11) is 1.65. The maximum absolute atomic E-state index is 5.80. The second-order valence-corrected chi connectivity index (χ2v) is 6.80. The highest BCUT2D eigenvalue weighted by Gasteiger charge is 2.10. The second-order valence-electron chi connectivity index (χ2n) is 5.63. The van der Waals surface area contributed by atoms with Crippen molar-refractivity contribution in [2.75, 3.05) is 13.7 Å². The molecule has 3 aromatic rings. The van der Waals surface area contributed by atoms with Gasteiger partial charge in [0.25, 0.3) is 0 Å². The van der Waals surface area contributed by atoms with Gasteiger partial charge in [0.15, 0.2) is 11.5 Å². The van der Waals surface area contributed by atoms with Crippen LogP contribution in [0.5, 0.6) is 23.0 Å². The smallest absolute Gasteiger partial charge is 0.174 e. The van der Waals surface area contributed by atoms with Gasteiger partial charge in [0.05, 0.1) is 23.0 Å². The average molecular weight is 473 g/mol. The number of benzene rings is 3. The first kappa shape index (κ1) is 19.2. The lowest BCUT2D eigenvalue weighted by molar-refractivity contribution is 0.309. The van der Waals surface area contributed by atoms with Crippen LogP contribution in [0.2, 0.25) is 0 Å². The molecule has 0 unspecified atom stereocenters. The van der Waals surface area contributed by atoms with Crippen LogP contribution in [0.25, 0.3) is 0 Å². The standard InChI is InChI=1S/C22H20INO3/c1-3-26-21-14-16(13-20(23)22(21)25-2)15-24-17-9-11-19(12-10-17)27-18-7-5-4-6-8-18/h4-15H,3H2,1-2H3. The number of ether oxygens (including phenoxy) is 3. The Morgan fingerprint density at radius 2 is 1.67 bits per heavy atom. The number of methoxy groups -OCH3 is 1. The molecule has 27 heavy (non-hydrogen) atoms. The minimum Gasteiger partial charge on any atom is -0.492 e. The lowest BCUT2D eigenvalue weighted by Gasteiger charge is -2.11. The Labute approximate surface area is 173 Å². The molecule has 0 aliphatic rings. The van der Waals surface area contributed by atoms with Crippen LogP contribution in [0.3, 0.4) is 0 Å². The number of aliphatic imine (C=N–C) groups is 1. The fourth-order valence-corrected chi connectivity index (χ4v) is 3.34. The summed E-state index contributed by atoms with van der Waals surface area (Å²) in [6.07, 6.45) is 1.82. The van der Waals surface area contributed by atoms with E-state index in [2.05, 4.69) is 27.6 Å². The SMILES string of the molecule is CCOc1cc(C=Nc2ccc(Oc3ccccc3)cc2)cc(I)c1OC. The van der Waals surface area contributed by atoms with E-state index in [0.29, 0.717) is 6.61 Å². The molecule has 0 fully saturated rings. The van der Waals surface area contributed by atoms with Gasteiger partial charge in [0.1, 0.15) is 11.5 Å². The van der Waals surface area contributed by atoms with Crippen molar-refractivity contribution in [3.8, 4) is 23.0 Å². The number of rotatable bonds is 7. The Hall–Kier alpha value is -2.54. The Morgan fingerprint density at radius 1 is 0.963 bits per heavy atom. The van der Waals surface area contributed by atoms with Crippen molar-refractivity contribution in [2.45, 2.75) is 6.92 Å². The summed E-state index contributed by atoms with van der Waals surface area (Å²) < 4.78 is 17.9. The molecule has 0 spiro atoms. The first-order chi connectivity index (χ1) is 13.2. The van der Waals surface area contributed by atoms with Crippen LogP contribution >= 0.6 is 22.6 Å². The Bertz CT molecular complexity index is 909. The lowest BCUT2D eigenvalue weighted by Crippen LogP contribution is -1.98. The number of hydrogen-bond donors (Lipinski definition) is 0. The highest BCUT2D eigenvalue weighted by Crippen LogP contribution is 2.33. The molecule has 0 atom stereocenters. The Morgan fingerprint density at radius 3 is 2.33 bits per heavy atom. The van der Waals surface area contributed by atoms with Crippen molar-refractivity contribution in [2.24, 2.45) is 4.99 Å². The molecule has 3 aromatic carbocycles. The zero-order valence-corrected chi connectivity index (χ0v) is 17.3. The quantitative estimate of drug-likeness (QED) is 0.301. The van der Waals surface area contributed by atoms with Crippen LogP contribution in [0, 0.1) is 3.57 Å². The third-order valence-corrected chi connectivity index (χ3v) is 4.52. The fourth-order valence-electron chi connectivity index (χ4n) is 2.50. The van der Waals surface area contributed by atoms with E-state index in [9.17, 15) is 0 Å². The third kappa shape index (κ3) is 5.23. The van der Waals surface area contributed by atoms with Crippen molar-refractivity contribution in [1.82, 2.24) is 0 Å². The van der Waals surface area contributed by atoms with Gasteiger partial charge in [-0.05, 0) is 83.6 Å². The van der Waals surface area contributed by atoms with E-state index in [4.69, 9.17) is 14.2 Å². The van der Waals surface area contributed by atoms with Crippen LogP contribution in [0.4, 0.5) is 5.69 Å². The monoisotopic (exact) mass is 473 g/mol. The molecule has 0 radical (unpaired) electrons. The van der Waals surface area contributed by atoms with Gasteiger partial charge in [0, 0.05) is 6.21 Å². The summed E-state index contributed by atoms with van der Waals surface area (Å²) in [4.78, 5) is 4.54.